The Balaban J connectivity index is 2.69. The molecule has 0 heterocycles. The third-order valence-electron chi connectivity index (χ3n) is 2.46. The van der Waals surface area contributed by atoms with E-state index in [9.17, 15) is 9.59 Å². The van der Waals surface area contributed by atoms with Crippen LogP contribution in [0.15, 0.2) is 36.4 Å². The number of Topliss-reactive ketones (excluding diaryl/α,β-unsaturated/α-hetero) is 1. The van der Waals surface area contributed by atoms with E-state index in [-0.39, 0.29) is 0 Å². The lowest BCUT2D eigenvalue weighted by atomic mass is 10.0. The zero-order valence-electron chi connectivity index (χ0n) is 8.77. The molecule has 80 valence electrons. The van der Waals surface area contributed by atoms with E-state index in [2.05, 4.69) is 0 Å². The number of methoxy groups -OCH3 is 1. The van der Waals surface area contributed by atoms with Crippen LogP contribution in [-0.4, -0.2) is 19.2 Å². The normalized spacial score (nSPS) is 10.1. The number of carbonyl (C=O) groups is 2. The van der Waals surface area contributed by atoms with Crippen LogP contribution in [-0.2, 0) is 4.79 Å². The maximum absolute atomic E-state index is 11.4. The number of ketones is 1. The second-order valence-corrected chi connectivity index (χ2v) is 3.37. The Labute approximate surface area is 92.6 Å². The number of hydrogen-bond acceptors (Lipinski definition) is 3. The Hall–Kier alpha value is -2.16. The van der Waals surface area contributed by atoms with Gasteiger partial charge in [-0.15, -0.1) is 0 Å². The maximum Gasteiger partial charge on any atom is 0.225 e. The lowest BCUT2D eigenvalue weighted by Crippen LogP contribution is -2.00. The quantitative estimate of drug-likeness (QED) is 0.447. The van der Waals surface area contributed by atoms with Crippen LogP contribution in [0, 0.1) is 0 Å². The van der Waals surface area contributed by atoms with Gasteiger partial charge < -0.3 is 4.74 Å². The van der Waals surface area contributed by atoms with Gasteiger partial charge in [0.1, 0.15) is 5.75 Å². The van der Waals surface area contributed by atoms with Gasteiger partial charge in [-0.25, -0.2) is 0 Å². The lowest BCUT2D eigenvalue weighted by Gasteiger charge is -2.05. The molecule has 0 saturated heterocycles. The summed E-state index contributed by atoms with van der Waals surface area (Å²) in [6.45, 7) is 0. The SMILES string of the molecule is COc1ccc2c(C(=O)C=O)cccc2c1. The summed E-state index contributed by atoms with van der Waals surface area (Å²) in [4.78, 5) is 21.9. The second-order valence-electron chi connectivity index (χ2n) is 3.37. The highest BCUT2D eigenvalue weighted by molar-refractivity contribution is 6.36. The first-order valence-electron chi connectivity index (χ1n) is 4.82. The first-order valence-corrected chi connectivity index (χ1v) is 4.82. The third kappa shape index (κ3) is 1.67. The fourth-order valence-electron chi connectivity index (χ4n) is 1.67. The molecule has 3 heteroatoms. The van der Waals surface area contributed by atoms with Crippen LogP contribution in [0.1, 0.15) is 10.4 Å². The highest BCUT2D eigenvalue weighted by atomic mass is 16.5. The molecule has 0 N–H and O–H groups in total. The third-order valence-corrected chi connectivity index (χ3v) is 2.46. The summed E-state index contributed by atoms with van der Waals surface area (Å²) >= 11 is 0. The summed E-state index contributed by atoms with van der Waals surface area (Å²) in [5.41, 5.74) is 0.426. The van der Waals surface area contributed by atoms with Crippen LogP contribution >= 0.6 is 0 Å². The van der Waals surface area contributed by atoms with Gasteiger partial charge in [-0.2, -0.15) is 0 Å². The Bertz CT molecular complexity index is 558. The number of benzene rings is 2. The fraction of sp³-hybridized carbons (Fsp3) is 0.0769. The first kappa shape index (κ1) is 10.4. The number of fused-ring (bicyclic) bond motifs is 1. The largest absolute Gasteiger partial charge is 0.497 e. The van der Waals surface area contributed by atoms with Crippen molar-refractivity contribution < 1.29 is 14.3 Å². The molecule has 2 aromatic rings. The zero-order valence-corrected chi connectivity index (χ0v) is 8.77. The topological polar surface area (TPSA) is 43.4 Å². The van der Waals surface area contributed by atoms with Crippen molar-refractivity contribution in [3.8, 4) is 5.75 Å². The molecule has 3 nitrogen and oxygen atoms in total. The standard InChI is InChI=1S/C13H10O3/c1-16-10-5-6-11-9(7-10)3-2-4-12(11)13(15)8-14/h2-8H,1H3. The van der Waals surface area contributed by atoms with Crippen molar-refractivity contribution >= 4 is 22.8 Å². The Kier molecular flexibility index (Phi) is 2.68. The molecule has 0 atom stereocenters. The number of ether oxygens (including phenoxy) is 1. The summed E-state index contributed by atoms with van der Waals surface area (Å²) in [5.74, 6) is 0.221. The maximum atomic E-state index is 11.4. The fourth-order valence-corrected chi connectivity index (χ4v) is 1.67. The van der Waals surface area contributed by atoms with E-state index in [4.69, 9.17) is 4.74 Å². The molecule has 0 aromatic heterocycles. The molecule has 0 saturated carbocycles. The monoisotopic (exact) mass is 214 g/mol. The van der Waals surface area contributed by atoms with Crippen molar-refractivity contribution in [1.29, 1.82) is 0 Å². The molecule has 0 radical (unpaired) electrons. The van der Waals surface area contributed by atoms with Crippen molar-refractivity contribution in [2.24, 2.45) is 0 Å². The van der Waals surface area contributed by atoms with Gasteiger partial charge >= 0.3 is 0 Å². The molecule has 0 bridgehead atoms. The summed E-state index contributed by atoms with van der Waals surface area (Å²) in [6, 6.07) is 10.6. The first-order chi connectivity index (χ1) is 7.76. The molecule has 0 amide bonds. The van der Waals surface area contributed by atoms with Crippen LogP contribution < -0.4 is 4.74 Å². The van der Waals surface area contributed by atoms with E-state index >= 15 is 0 Å². The van der Waals surface area contributed by atoms with E-state index in [1.165, 1.54) is 0 Å². The minimum atomic E-state index is -0.504. The Morgan fingerprint density at radius 3 is 2.75 bits per heavy atom. The minimum Gasteiger partial charge on any atom is -0.497 e. The van der Waals surface area contributed by atoms with Gasteiger partial charge in [-0.1, -0.05) is 18.2 Å². The van der Waals surface area contributed by atoms with Crippen LogP contribution in [0.3, 0.4) is 0 Å². The number of hydrogen-bond donors (Lipinski definition) is 0. The smallest absolute Gasteiger partial charge is 0.225 e. The molecule has 0 spiro atoms. The summed E-state index contributed by atoms with van der Waals surface area (Å²) in [6.07, 6.45) is 0.332. The van der Waals surface area contributed by atoms with Crippen molar-refractivity contribution in [3.05, 3.63) is 42.0 Å². The summed E-state index contributed by atoms with van der Waals surface area (Å²) in [7, 11) is 1.58. The molecule has 0 aliphatic heterocycles. The highest BCUT2D eigenvalue weighted by Crippen LogP contribution is 2.23. The van der Waals surface area contributed by atoms with E-state index in [0.717, 1.165) is 16.5 Å². The van der Waals surface area contributed by atoms with Gasteiger partial charge in [-0.05, 0) is 29.0 Å². The predicted octanol–water partition coefficient (Wildman–Crippen LogP) is 2.23. The molecule has 2 aromatic carbocycles. The van der Waals surface area contributed by atoms with Crippen molar-refractivity contribution in [2.45, 2.75) is 0 Å². The molecular weight excluding hydrogens is 204 g/mol. The lowest BCUT2D eigenvalue weighted by molar-refractivity contribution is -0.104. The van der Waals surface area contributed by atoms with Crippen LogP contribution in [0.25, 0.3) is 10.8 Å². The van der Waals surface area contributed by atoms with Crippen LogP contribution in [0.4, 0.5) is 0 Å². The summed E-state index contributed by atoms with van der Waals surface area (Å²) in [5, 5.41) is 1.65. The number of rotatable bonds is 3. The zero-order chi connectivity index (χ0) is 11.5. The van der Waals surface area contributed by atoms with Crippen molar-refractivity contribution in [1.82, 2.24) is 0 Å². The van der Waals surface area contributed by atoms with Gasteiger partial charge in [0.15, 0.2) is 6.29 Å². The van der Waals surface area contributed by atoms with Gasteiger partial charge in [-0.3, -0.25) is 9.59 Å². The highest BCUT2D eigenvalue weighted by Gasteiger charge is 2.08. The predicted molar refractivity (Wildman–Crippen MR) is 60.9 cm³/mol. The molecular formula is C13H10O3. The average molecular weight is 214 g/mol. The van der Waals surface area contributed by atoms with Gasteiger partial charge in [0.25, 0.3) is 0 Å². The van der Waals surface area contributed by atoms with E-state index in [1.807, 2.05) is 12.1 Å². The number of carbonyl (C=O) groups excluding carboxylic acids is 2. The van der Waals surface area contributed by atoms with Gasteiger partial charge in [0.2, 0.25) is 5.78 Å². The average Bonchev–Trinajstić information content (AvgIpc) is 2.36. The second kappa shape index (κ2) is 4.14. The van der Waals surface area contributed by atoms with Crippen LogP contribution in [0.5, 0.6) is 5.75 Å². The molecule has 0 fully saturated rings. The summed E-state index contributed by atoms with van der Waals surface area (Å²) < 4.78 is 5.09. The minimum absolute atomic E-state index is 0.332. The Morgan fingerprint density at radius 1 is 1.25 bits per heavy atom. The molecule has 2 rings (SSSR count). The van der Waals surface area contributed by atoms with E-state index in [1.54, 1.807) is 31.4 Å². The van der Waals surface area contributed by atoms with E-state index < -0.39 is 5.78 Å². The molecule has 16 heavy (non-hydrogen) atoms. The molecule has 0 unspecified atom stereocenters. The van der Waals surface area contributed by atoms with Crippen molar-refractivity contribution in [2.75, 3.05) is 7.11 Å². The molecule has 0 aliphatic rings. The van der Waals surface area contributed by atoms with Crippen LogP contribution in [0.2, 0.25) is 0 Å². The Morgan fingerprint density at radius 2 is 2.06 bits per heavy atom. The van der Waals surface area contributed by atoms with Gasteiger partial charge in [0, 0.05) is 5.56 Å². The van der Waals surface area contributed by atoms with Crippen molar-refractivity contribution in [3.63, 3.8) is 0 Å². The molecule has 0 aliphatic carbocycles. The van der Waals surface area contributed by atoms with Gasteiger partial charge in [0.05, 0.1) is 7.11 Å². The van der Waals surface area contributed by atoms with E-state index in [0.29, 0.717) is 11.8 Å². The number of aldehydes is 1.